The molecule has 1 heterocycles. The number of hydrogen-bond donors (Lipinski definition) is 2. The second kappa shape index (κ2) is 3.98. The van der Waals surface area contributed by atoms with Crippen LogP contribution in [0.5, 0.6) is 0 Å². The quantitative estimate of drug-likeness (QED) is 0.811. The lowest BCUT2D eigenvalue weighted by molar-refractivity contribution is 0.0699. The lowest BCUT2D eigenvalue weighted by Crippen LogP contribution is -2.18. The van der Waals surface area contributed by atoms with Gasteiger partial charge in [-0.2, -0.15) is 0 Å². The second-order valence-corrected chi connectivity index (χ2v) is 5.31. The molecule has 0 spiro atoms. The molecule has 0 saturated heterocycles. The molecule has 18 heavy (non-hydrogen) atoms. The van der Waals surface area contributed by atoms with Crippen molar-refractivity contribution in [2.45, 2.75) is 26.2 Å². The van der Waals surface area contributed by atoms with E-state index in [1.54, 1.807) is 18.3 Å². The molecule has 0 aliphatic heterocycles. The van der Waals surface area contributed by atoms with Gasteiger partial charge in [-0.3, -0.25) is 4.79 Å². The van der Waals surface area contributed by atoms with Crippen LogP contribution in [0.1, 0.15) is 36.7 Å². The molecule has 94 valence electrons. The third kappa shape index (κ3) is 1.90. The van der Waals surface area contributed by atoms with Crippen molar-refractivity contribution < 1.29 is 9.90 Å². The first-order valence-electron chi connectivity index (χ1n) is 5.70. The SMILES string of the molecule is CC(C)(C)c1c[nH]c(=O)c2c(C(=O)O)cccc12. The highest BCUT2D eigenvalue weighted by Gasteiger charge is 2.20. The second-order valence-electron chi connectivity index (χ2n) is 5.31. The van der Waals surface area contributed by atoms with Gasteiger partial charge in [0.25, 0.3) is 5.56 Å². The highest BCUT2D eigenvalue weighted by molar-refractivity contribution is 6.04. The lowest BCUT2D eigenvalue weighted by atomic mass is 9.84. The largest absolute Gasteiger partial charge is 0.478 e. The van der Waals surface area contributed by atoms with Gasteiger partial charge in [-0.1, -0.05) is 32.9 Å². The van der Waals surface area contributed by atoms with Gasteiger partial charge in [-0.15, -0.1) is 0 Å². The van der Waals surface area contributed by atoms with Crippen molar-refractivity contribution >= 4 is 16.7 Å². The summed E-state index contributed by atoms with van der Waals surface area (Å²) < 4.78 is 0. The van der Waals surface area contributed by atoms with Gasteiger partial charge in [0.15, 0.2) is 0 Å². The molecule has 4 heteroatoms. The topological polar surface area (TPSA) is 70.2 Å². The van der Waals surface area contributed by atoms with Crippen molar-refractivity contribution in [1.29, 1.82) is 0 Å². The van der Waals surface area contributed by atoms with E-state index in [-0.39, 0.29) is 21.9 Å². The maximum absolute atomic E-state index is 11.9. The van der Waals surface area contributed by atoms with Crippen molar-refractivity contribution in [2.24, 2.45) is 0 Å². The summed E-state index contributed by atoms with van der Waals surface area (Å²) in [6.45, 7) is 6.06. The predicted molar refractivity (Wildman–Crippen MR) is 70.2 cm³/mol. The van der Waals surface area contributed by atoms with E-state index in [2.05, 4.69) is 4.98 Å². The fourth-order valence-electron chi connectivity index (χ4n) is 2.11. The predicted octanol–water partition coefficient (Wildman–Crippen LogP) is 2.52. The number of aromatic carboxylic acids is 1. The minimum Gasteiger partial charge on any atom is -0.478 e. The molecule has 0 atom stereocenters. The zero-order valence-electron chi connectivity index (χ0n) is 10.6. The van der Waals surface area contributed by atoms with Crippen LogP contribution in [-0.2, 0) is 5.41 Å². The first-order chi connectivity index (χ1) is 8.32. The van der Waals surface area contributed by atoms with Crippen LogP contribution in [0, 0.1) is 0 Å². The molecule has 4 nitrogen and oxygen atoms in total. The number of rotatable bonds is 1. The number of aromatic amines is 1. The van der Waals surface area contributed by atoms with Gasteiger partial charge < -0.3 is 10.1 Å². The summed E-state index contributed by atoms with van der Waals surface area (Å²) in [4.78, 5) is 25.7. The molecule has 0 aliphatic rings. The summed E-state index contributed by atoms with van der Waals surface area (Å²) in [5, 5.41) is 10.1. The minimum absolute atomic E-state index is 0.0415. The number of pyridine rings is 1. The maximum Gasteiger partial charge on any atom is 0.336 e. The number of carboxylic acids is 1. The van der Waals surface area contributed by atoms with Crippen LogP contribution in [0.4, 0.5) is 0 Å². The molecule has 0 unspecified atom stereocenters. The molecule has 0 radical (unpaired) electrons. The Bertz CT molecular complexity index is 677. The number of aromatic nitrogens is 1. The number of fused-ring (bicyclic) bond motifs is 1. The molecule has 0 aliphatic carbocycles. The van der Waals surface area contributed by atoms with E-state index in [9.17, 15) is 9.59 Å². The average Bonchev–Trinajstić information content (AvgIpc) is 2.27. The number of benzene rings is 1. The Morgan fingerprint density at radius 3 is 2.50 bits per heavy atom. The molecule has 2 aromatic rings. The van der Waals surface area contributed by atoms with Gasteiger partial charge in [0.2, 0.25) is 0 Å². The molecule has 0 saturated carbocycles. The van der Waals surface area contributed by atoms with Gasteiger partial charge in [0.1, 0.15) is 0 Å². The molecule has 1 aromatic heterocycles. The number of hydrogen-bond acceptors (Lipinski definition) is 2. The number of carbonyl (C=O) groups is 1. The third-order valence-electron chi connectivity index (χ3n) is 2.97. The van der Waals surface area contributed by atoms with Crippen molar-refractivity contribution in [2.75, 3.05) is 0 Å². The molecule has 2 rings (SSSR count). The van der Waals surface area contributed by atoms with E-state index in [0.29, 0.717) is 5.39 Å². The summed E-state index contributed by atoms with van der Waals surface area (Å²) in [7, 11) is 0. The van der Waals surface area contributed by atoms with Gasteiger partial charge in [0.05, 0.1) is 10.9 Å². The monoisotopic (exact) mass is 245 g/mol. The van der Waals surface area contributed by atoms with Crippen LogP contribution in [0.15, 0.2) is 29.2 Å². The van der Waals surface area contributed by atoms with Crippen molar-refractivity contribution in [3.63, 3.8) is 0 Å². The molecular formula is C14H15NO3. The van der Waals surface area contributed by atoms with Crippen molar-refractivity contribution in [3.8, 4) is 0 Å². The highest BCUT2D eigenvalue weighted by Crippen LogP contribution is 2.28. The molecule has 0 fully saturated rings. The van der Waals surface area contributed by atoms with Crippen LogP contribution in [-0.4, -0.2) is 16.1 Å². The summed E-state index contributed by atoms with van der Waals surface area (Å²) in [5.74, 6) is -1.09. The Morgan fingerprint density at radius 2 is 1.94 bits per heavy atom. The van der Waals surface area contributed by atoms with Gasteiger partial charge in [-0.05, 0) is 22.4 Å². The summed E-state index contributed by atoms with van der Waals surface area (Å²) in [6.07, 6.45) is 1.66. The standard InChI is InChI=1S/C14H15NO3/c1-14(2,3)10-7-15-12(16)11-8(10)5-4-6-9(11)13(17)18/h4-7H,1-3H3,(H,15,16)(H,17,18). The van der Waals surface area contributed by atoms with Crippen LogP contribution >= 0.6 is 0 Å². The molecular weight excluding hydrogens is 230 g/mol. The van der Waals surface area contributed by atoms with Crippen molar-refractivity contribution in [3.05, 3.63) is 45.9 Å². The number of nitrogens with one attached hydrogen (secondary N) is 1. The Hall–Kier alpha value is -2.10. The zero-order valence-corrected chi connectivity index (χ0v) is 10.6. The first kappa shape index (κ1) is 12.4. The van der Waals surface area contributed by atoms with E-state index < -0.39 is 5.97 Å². The fraction of sp³-hybridized carbons (Fsp3) is 0.286. The normalized spacial score (nSPS) is 11.7. The average molecular weight is 245 g/mol. The van der Waals surface area contributed by atoms with Crippen molar-refractivity contribution in [1.82, 2.24) is 4.98 Å². The van der Waals surface area contributed by atoms with E-state index >= 15 is 0 Å². The highest BCUT2D eigenvalue weighted by atomic mass is 16.4. The van der Waals surface area contributed by atoms with Crippen LogP contribution in [0.25, 0.3) is 10.8 Å². The lowest BCUT2D eigenvalue weighted by Gasteiger charge is -2.21. The fourth-order valence-corrected chi connectivity index (χ4v) is 2.11. The zero-order chi connectivity index (χ0) is 13.5. The summed E-state index contributed by atoms with van der Waals surface area (Å²) >= 11 is 0. The van der Waals surface area contributed by atoms with E-state index in [1.807, 2.05) is 20.8 Å². The Morgan fingerprint density at radius 1 is 1.28 bits per heavy atom. The maximum atomic E-state index is 11.9. The summed E-state index contributed by atoms with van der Waals surface area (Å²) in [5.41, 5.74) is 0.440. The van der Waals surface area contributed by atoms with Gasteiger partial charge >= 0.3 is 5.97 Å². The number of carboxylic acid groups (broad SMARTS) is 1. The Labute approximate surface area is 104 Å². The van der Waals surface area contributed by atoms with E-state index in [1.165, 1.54) is 6.07 Å². The van der Waals surface area contributed by atoms with Gasteiger partial charge in [-0.25, -0.2) is 4.79 Å². The molecule has 1 aromatic carbocycles. The minimum atomic E-state index is -1.09. The third-order valence-corrected chi connectivity index (χ3v) is 2.97. The Kier molecular flexibility index (Phi) is 2.73. The van der Waals surface area contributed by atoms with Crippen LogP contribution in [0.2, 0.25) is 0 Å². The van der Waals surface area contributed by atoms with Crippen LogP contribution in [0.3, 0.4) is 0 Å². The van der Waals surface area contributed by atoms with E-state index in [4.69, 9.17) is 5.11 Å². The smallest absolute Gasteiger partial charge is 0.336 e. The molecule has 2 N–H and O–H groups in total. The first-order valence-corrected chi connectivity index (χ1v) is 5.70. The number of H-pyrrole nitrogens is 1. The molecule has 0 bridgehead atoms. The summed E-state index contributed by atoms with van der Waals surface area (Å²) in [6, 6.07) is 4.91. The Balaban J connectivity index is 2.98. The van der Waals surface area contributed by atoms with Crippen LogP contribution < -0.4 is 5.56 Å². The molecule has 0 amide bonds. The van der Waals surface area contributed by atoms with Gasteiger partial charge in [0, 0.05) is 6.20 Å². The van der Waals surface area contributed by atoms with E-state index in [0.717, 1.165) is 5.56 Å².